The van der Waals surface area contributed by atoms with Crippen LogP contribution in [0, 0.1) is 5.41 Å². The molecule has 1 fully saturated rings. The topological polar surface area (TPSA) is 20.3 Å². The highest BCUT2D eigenvalue weighted by Gasteiger charge is 2.30. The minimum Gasteiger partial charge on any atom is -0.370 e. The maximum atomic E-state index is 11.0. The van der Waals surface area contributed by atoms with Crippen molar-refractivity contribution in [2.75, 3.05) is 18.0 Å². The third-order valence-electron chi connectivity index (χ3n) is 3.14. The molecule has 2 nitrogen and oxygen atoms in total. The van der Waals surface area contributed by atoms with Crippen LogP contribution in [0.15, 0.2) is 18.2 Å². The minimum absolute atomic E-state index is 0.322. The molecule has 0 spiro atoms. The van der Waals surface area contributed by atoms with E-state index in [0.29, 0.717) is 10.4 Å². The van der Waals surface area contributed by atoms with Crippen LogP contribution >= 0.6 is 11.6 Å². The Morgan fingerprint density at radius 2 is 2.19 bits per heavy atom. The summed E-state index contributed by atoms with van der Waals surface area (Å²) < 4.78 is 0. The van der Waals surface area contributed by atoms with Crippen LogP contribution in [0.3, 0.4) is 0 Å². The first-order valence-electron chi connectivity index (χ1n) is 5.51. The average molecular weight is 238 g/mol. The zero-order valence-electron chi connectivity index (χ0n) is 9.66. The summed E-state index contributed by atoms with van der Waals surface area (Å²) in [5, 5.41) is 0.685. The van der Waals surface area contributed by atoms with Gasteiger partial charge in [0.25, 0.3) is 0 Å². The van der Waals surface area contributed by atoms with Crippen LogP contribution in [0.5, 0.6) is 0 Å². The van der Waals surface area contributed by atoms with Gasteiger partial charge in [-0.05, 0) is 30.0 Å². The molecule has 2 rings (SSSR count). The van der Waals surface area contributed by atoms with Crippen LogP contribution in [0.1, 0.15) is 30.6 Å². The molecule has 0 aliphatic carbocycles. The van der Waals surface area contributed by atoms with Gasteiger partial charge >= 0.3 is 0 Å². The molecular formula is C13H16ClNO. The number of aldehydes is 1. The highest BCUT2D eigenvalue weighted by molar-refractivity contribution is 6.31. The summed E-state index contributed by atoms with van der Waals surface area (Å²) in [5.41, 5.74) is 2.01. The molecule has 0 bridgehead atoms. The smallest absolute Gasteiger partial charge is 0.152 e. The van der Waals surface area contributed by atoms with Crippen LogP contribution in [-0.4, -0.2) is 19.4 Å². The Bertz CT molecular complexity index is 414. The molecule has 1 saturated heterocycles. The summed E-state index contributed by atoms with van der Waals surface area (Å²) in [6, 6.07) is 5.43. The fraction of sp³-hybridized carbons (Fsp3) is 0.462. The Hall–Kier alpha value is -1.02. The van der Waals surface area contributed by atoms with E-state index in [1.807, 2.05) is 6.07 Å². The second kappa shape index (κ2) is 4.10. The SMILES string of the molecule is CC1(C)CCN(c2cc(Cl)ccc2C=O)C1. The monoisotopic (exact) mass is 237 g/mol. The number of carbonyl (C=O) groups is 1. The molecule has 3 heteroatoms. The van der Waals surface area contributed by atoms with Crippen LogP contribution in [0.4, 0.5) is 5.69 Å². The Morgan fingerprint density at radius 1 is 1.44 bits per heavy atom. The minimum atomic E-state index is 0.322. The third kappa shape index (κ3) is 2.22. The van der Waals surface area contributed by atoms with E-state index in [9.17, 15) is 4.79 Å². The summed E-state index contributed by atoms with van der Waals surface area (Å²) in [5.74, 6) is 0. The lowest BCUT2D eigenvalue weighted by Gasteiger charge is -2.23. The maximum Gasteiger partial charge on any atom is 0.152 e. The maximum absolute atomic E-state index is 11.0. The van der Waals surface area contributed by atoms with E-state index in [0.717, 1.165) is 37.0 Å². The van der Waals surface area contributed by atoms with Crippen LogP contribution in [0.25, 0.3) is 0 Å². The van der Waals surface area contributed by atoms with Crippen molar-refractivity contribution in [3.63, 3.8) is 0 Å². The standard InChI is InChI=1S/C13H16ClNO/c1-13(2)5-6-15(9-13)12-7-11(14)4-3-10(12)8-16/h3-4,7-8H,5-6,9H2,1-2H3. The van der Waals surface area contributed by atoms with Gasteiger partial charge in [-0.1, -0.05) is 25.4 Å². The Morgan fingerprint density at radius 3 is 2.75 bits per heavy atom. The van der Waals surface area contributed by atoms with Gasteiger partial charge < -0.3 is 4.90 Å². The van der Waals surface area contributed by atoms with Crippen molar-refractivity contribution in [1.29, 1.82) is 0 Å². The van der Waals surface area contributed by atoms with E-state index in [1.54, 1.807) is 12.1 Å². The van der Waals surface area contributed by atoms with E-state index < -0.39 is 0 Å². The number of carbonyl (C=O) groups excluding carboxylic acids is 1. The molecule has 86 valence electrons. The van der Waals surface area contributed by atoms with Crippen molar-refractivity contribution >= 4 is 23.6 Å². The molecule has 0 unspecified atom stereocenters. The molecule has 1 aromatic carbocycles. The number of nitrogens with zero attached hydrogens (tertiary/aromatic N) is 1. The molecule has 0 amide bonds. The summed E-state index contributed by atoms with van der Waals surface area (Å²) >= 11 is 5.98. The zero-order valence-corrected chi connectivity index (χ0v) is 10.4. The first kappa shape index (κ1) is 11.5. The lowest BCUT2D eigenvalue weighted by Crippen LogP contribution is -2.23. The van der Waals surface area contributed by atoms with E-state index in [1.165, 1.54) is 0 Å². The summed E-state index contributed by atoms with van der Waals surface area (Å²) in [7, 11) is 0. The number of benzene rings is 1. The summed E-state index contributed by atoms with van der Waals surface area (Å²) in [6.45, 7) is 6.47. The van der Waals surface area contributed by atoms with E-state index in [2.05, 4.69) is 18.7 Å². The molecule has 0 radical (unpaired) electrons. The molecule has 1 aromatic rings. The van der Waals surface area contributed by atoms with Crippen LogP contribution in [0.2, 0.25) is 5.02 Å². The second-order valence-electron chi connectivity index (χ2n) is 5.16. The Kier molecular flexibility index (Phi) is 2.94. The highest BCUT2D eigenvalue weighted by Crippen LogP contribution is 2.34. The number of hydrogen-bond donors (Lipinski definition) is 0. The van der Waals surface area contributed by atoms with Crippen molar-refractivity contribution in [2.45, 2.75) is 20.3 Å². The molecule has 0 N–H and O–H groups in total. The lowest BCUT2D eigenvalue weighted by molar-refractivity contribution is 0.112. The van der Waals surface area contributed by atoms with Crippen LogP contribution < -0.4 is 4.90 Å². The van der Waals surface area contributed by atoms with Gasteiger partial charge in [-0.2, -0.15) is 0 Å². The quantitative estimate of drug-likeness (QED) is 0.735. The van der Waals surface area contributed by atoms with Gasteiger partial charge in [0.15, 0.2) is 6.29 Å². The zero-order chi connectivity index (χ0) is 11.8. The van der Waals surface area contributed by atoms with E-state index in [-0.39, 0.29) is 0 Å². The molecule has 16 heavy (non-hydrogen) atoms. The molecule has 0 saturated carbocycles. The second-order valence-corrected chi connectivity index (χ2v) is 5.59. The van der Waals surface area contributed by atoms with Gasteiger partial charge in [-0.25, -0.2) is 0 Å². The van der Waals surface area contributed by atoms with Gasteiger partial charge in [0.1, 0.15) is 0 Å². The van der Waals surface area contributed by atoms with Crippen LogP contribution in [-0.2, 0) is 0 Å². The average Bonchev–Trinajstić information content (AvgIpc) is 2.59. The first-order chi connectivity index (χ1) is 7.52. The van der Waals surface area contributed by atoms with Gasteiger partial charge in [-0.3, -0.25) is 4.79 Å². The molecule has 0 atom stereocenters. The molecule has 0 aromatic heterocycles. The van der Waals surface area contributed by atoms with Gasteiger partial charge in [0, 0.05) is 29.4 Å². The fourth-order valence-electron chi connectivity index (χ4n) is 2.21. The third-order valence-corrected chi connectivity index (χ3v) is 3.37. The molecular weight excluding hydrogens is 222 g/mol. The fourth-order valence-corrected chi connectivity index (χ4v) is 2.37. The van der Waals surface area contributed by atoms with Crippen molar-refractivity contribution < 1.29 is 4.79 Å². The van der Waals surface area contributed by atoms with Gasteiger partial charge in [-0.15, -0.1) is 0 Å². The number of hydrogen-bond acceptors (Lipinski definition) is 2. The van der Waals surface area contributed by atoms with E-state index >= 15 is 0 Å². The van der Waals surface area contributed by atoms with E-state index in [4.69, 9.17) is 11.6 Å². The van der Waals surface area contributed by atoms with Crippen molar-refractivity contribution in [2.24, 2.45) is 5.41 Å². The molecule has 1 aliphatic heterocycles. The summed E-state index contributed by atoms with van der Waals surface area (Å²) in [4.78, 5) is 13.2. The predicted octanol–water partition coefficient (Wildman–Crippen LogP) is 3.39. The van der Waals surface area contributed by atoms with Crippen molar-refractivity contribution in [3.8, 4) is 0 Å². The number of halogens is 1. The largest absolute Gasteiger partial charge is 0.370 e. The number of rotatable bonds is 2. The molecule has 1 aliphatic rings. The lowest BCUT2D eigenvalue weighted by atomic mass is 9.93. The van der Waals surface area contributed by atoms with Gasteiger partial charge in [0.05, 0.1) is 0 Å². The Balaban J connectivity index is 2.33. The number of anilines is 1. The van der Waals surface area contributed by atoms with Gasteiger partial charge in [0.2, 0.25) is 0 Å². The van der Waals surface area contributed by atoms with Crippen molar-refractivity contribution in [3.05, 3.63) is 28.8 Å². The first-order valence-corrected chi connectivity index (χ1v) is 5.89. The Labute approximate surface area is 101 Å². The van der Waals surface area contributed by atoms with Crippen molar-refractivity contribution in [1.82, 2.24) is 0 Å². The highest BCUT2D eigenvalue weighted by atomic mass is 35.5. The predicted molar refractivity (Wildman–Crippen MR) is 67.5 cm³/mol. The summed E-state index contributed by atoms with van der Waals surface area (Å²) in [6.07, 6.45) is 2.05. The molecule has 1 heterocycles. The normalized spacial score (nSPS) is 18.8.